The smallest absolute Gasteiger partial charge is 0.0652 e. The summed E-state index contributed by atoms with van der Waals surface area (Å²) in [4.78, 5) is 0. The second-order valence-electron chi connectivity index (χ2n) is 5.30. The lowest BCUT2D eigenvalue weighted by atomic mass is 9.93. The predicted molar refractivity (Wildman–Crippen MR) is 80.4 cm³/mol. The quantitative estimate of drug-likeness (QED) is 0.848. The molecule has 1 heterocycles. The molecule has 1 aromatic carbocycles. The average Bonchev–Trinajstić information content (AvgIpc) is 2.86. The van der Waals surface area contributed by atoms with Crippen molar-refractivity contribution < 1.29 is 5.11 Å². The third kappa shape index (κ3) is 3.08. The van der Waals surface area contributed by atoms with Crippen LogP contribution < -0.4 is 5.32 Å². The number of aliphatic hydroxyl groups excluding tert-OH is 1. The molecule has 0 saturated carbocycles. The molecule has 4 heteroatoms. The minimum Gasteiger partial charge on any atom is -0.394 e. The first-order valence-electron chi connectivity index (χ1n) is 7.04. The van der Waals surface area contributed by atoms with Crippen LogP contribution in [0.25, 0.3) is 0 Å². The van der Waals surface area contributed by atoms with E-state index in [4.69, 9.17) is 0 Å². The number of nitrogens with one attached hydrogen (secondary N) is 1. The maximum Gasteiger partial charge on any atom is 0.0652 e. The van der Waals surface area contributed by atoms with Crippen LogP contribution >= 0.6 is 0 Å². The second kappa shape index (κ2) is 6.20. The number of hydrogen-bond acceptors (Lipinski definition) is 3. The lowest BCUT2D eigenvalue weighted by Crippen LogP contribution is -2.42. The highest BCUT2D eigenvalue weighted by Crippen LogP contribution is 2.20. The third-order valence-corrected chi connectivity index (χ3v) is 3.67. The summed E-state index contributed by atoms with van der Waals surface area (Å²) in [5, 5.41) is 17.7. The summed E-state index contributed by atoms with van der Waals surface area (Å²) in [5.74, 6) is 0. The van der Waals surface area contributed by atoms with Gasteiger partial charge >= 0.3 is 0 Å². The van der Waals surface area contributed by atoms with Gasteiger partial charge in [0, 0.05) is 13.1 Å². The largest absolute Gasteiger partial charge is 0.394 e. The Hall–Kier alpha value is -1.65. The number of aryl methyl sites for hydroxylation is 2. The van der Waals surface area contributed by atoms with Crippen LogP contribution in [0, 0.1) is 6.92 Å². The average molecular weight is 273 g/mol. The lowest BCUT2D eigenvalue weighted by molar-refractivity contribution is 0.172. The Bertz CT molecular complexity index is 550. The van der Waals surface area contributed by atoms with Gasteiger partial charge in [-0.05, 0) is 32.4 Å². The number of aliphatic hydroxyl groups is 1. The van der Waals surface area contributed by atoms with E-state index < -0.39 is 5.54 Å². The van der Waals surface area contributed by atoms with E-state index in [1.165, 1.54) is 0 Å². The van der Waals surface area contributed by atoms with E-state index >= 15 is 0 Å². The first-order chi connectivity index (χ1) is 9.59. The Morgan fingerprint density at radius 2 is 2.00 bits per heavy atom. The summed E-state index contributed by atoms with van der Waals surface area (Å²) in [6, 6.07) is 12.1. The molecule has 2 aromatic rings. The van der Waals surface area contributed by atoms with Gasteiger partial charge in [-0.25, -0.2) is 0 Å². The Balaban J connectivity index is 2.15. The van der Waals surface area contributed by atoms with Gasteiger partial charge in [0.1, 0.15) is 0 Å². The number of aromatic nitrogens is 2. The van der Waals surface area contributed by atoms with Crippen molar-refractivity contribution in [3.05, 3.63) is 53.3 Å². The third-order valence-electron chi connectivity index (χ3n) is 3.67. The Labute approximate surface area is 120 Å². The van der Waals surface area contributed by atoms with Crippen molar-refractivity contribution in [3.63, 3.8) is 0 Å². The molecular formula is C16H23N3O. The number of benzene rings is 1. The van der Waals surface area contributed by atoms with Crippen LogP contribution in [0.1, 0.15) is 30.8 Å². The molecule has 0 spiro atoms. The molecule has 1 unspecified atom stereocenters. The van der Waals surface area contributed by atoms with E-state index in [0.717, 1.165) is 23.5 Å². The summed E-state index contributed by atoms with van der Waals surface area (Å²) in [6.07, 6.45) is 0. The van der Waals surface area contributed by atoms with Crippen LogP contribution in [-0.2, 0) is 18.6 Å². The molecular weight excluding hydrogens is 250 g/mol. The molecule has 2 rings (SSSR count). The molecule has 0 amide bonds. The van der Waals surface area contributed by atoms with E-state index in [1.54, 1.807) is 0 Å². The fourth-order valence-electron chi connectivity index (χ4n) is 2.36. The second-order valence-corrected chi connectivity index (χ2v) is 5.30. The highest BCUT2D eigenvalue weighted by molar-refractivity contribution is 5.24. The summed E-state index contributed by atoms with van der Waals surface area (Å²) in [7, 11) is 0. The zero-order chi connectivity index (χ0) is 14.6. The fraction of sp³-hybridized carbons (Fsp3) is 0.438. The SMILES string of the molecule is CCn1nc(C)cc1CNC(C)(CO)c1ccccc1. The van der Waals surface area contributed by atoms with Gasteiger partial charge in [0.2, 0.25) is 0 Å². The monoisotopic (exact) mass is 273 g/mol. The molecule has 0 saturated heterocycles. The van der Waals surface area contributed by atoms with Gasteiger partial charge in [0.15, 0.2) is 0 Å². The maximum absolute atomic E-state index is 9.76. The highest BCUT2D eigenvalue weighted by Gasteiger charge is 2.25. The molecule has 0 bridgehead atoms. The van der Waals surface area contributed by atoms with Crippen molar-refractivity contribution in [2.45, 2.75) is 39.4 Å². The van der Waals surface area contributed by atoms with Gasteiger partial charge in [-0.2, -0.15) is 5.10 Å². The van der Waals surface area contributed by atoms with Crippen LogP contribution in [-0.4, -0.2) is 21.5 Å². The Morgan fingerprint density at radius 3 is 2.60 bits per heavy atom. The van der Waals surface area contributed by atoms with Crippen LogP contribution in [0.5, 0.6) is 0 Å². The topological polar surface area (TPSA) is 50.1 Å². The van der Waals surface area contributed by atoms with Crippen LogP contribution in [0.2, 0.25) is 0 Å². The minimum absolute atomic E-state index is 0.0518. The molecule has 0 aliphatic heterocycles. The van der Waals surface area contributed by atoms with Gasteiger partial charge in [0.05, 0.1) is 23.5 Å². The van der Waals surface area contributed by atoms with Crippen molar-refractivity contribution in [1.82, 2.24) is 15.1 Å². The number of nitrogens with zero attached hydrogens (tertiary/aromatic N) is 2. The minimum atomic E-state index is -0.446. The molecule has 0 aliphatic carbocycles. The molecule has 108 valence electrons. The zero-order valence-corrected chi connectivity index (χ0v) is 12.4. The molecule has 1 atom stereocenters. The molecule has 0 radical (unpaired) electrons. The number of hydrogen-bond donors (Lipinski definition) is 2. The van der Waals surface area contributed by atoms with Gasteiger partial charge in [-0.15, -0.1) is 0 Å². The molecule has 1 aromatic heterocycles. The zero-order valence-electron chi connectivity index (χ0n) is 12.4. The van der Waals surface area contributed by atoms with E-state index in [-0.39, 0.29) is 6.61 Å². The first-order valence-corrected chi connectivity index (χ1v) is 7.04. The summed E-state index contributed by atoms with van der Waals surface area (Å²) < 4.78 is 1.99. The van der Waals surface area contributed by atoms with Crippen LogP contribution in [0.3, 0.4) is 0 Å². The molecule has 4 nitrogen and oxygen atoms in total. The van der Waals surface area contributed by atoms with Gasteiger partial charge in [0.25, 0.3) is 0 Å². The summed E-state index contributed by atoms with van der Waals surface area (Å²) >= 11 is 0. The molecule has 0 aliphatic rings. The van der Waals surface area contributed by atoms with Crippen molar-refractivity contribution >= 4 is 0 Å². The van der Waals surface area contributed by atoms with Crippen molar-refractivity contribution in [2.24, 2.45) is 0 Å². The normalized spacial score (nSPS) is 14.2. The van der Waals surface area contributed by atoms with E-state index in [2.05, 4.69) is 23.4 Å². The lowest BCUT2D eigenvalue weighted by Gasteiger charge is -2.29. The first kappa shape index (κ1) is 14.8. The van der Waals surface area contributed by atoms with Crippen molar-refractivity contribution in [1.29, 1.82) is 0 Å². The Morgan fingerprint density at radius 1 is 1.30 bits per heavy atom. The molecule has 2 N–H and O–H groups in total. The summed E-state index contributed by atoms with van der Waals surface area (Å²) in [5.41, 5.74) is 2.80. The highest BCUT2D eigenvalue weighted by atomic mass is 16.3. The standard InChI is InChI=1S/C16H23N3O/c1-4-19-15(10-13(2)18-19)11-17-16(3,12-20)14-8-6-5-7-9-14/h5-10,17,20H,4,11-12H2,1-3H3. The van der Waals surface area contributed by atoms with Gasteiger partial charge in [-0.3, -0.25) is 4.68 Å². The van der Waals surface area contributed by atoms with E-state index in [0.29, 0.717) is 6.54 Å². The van der Waals surface area contributed by atoms with Crippen LogP contribution in [0.4, 0.5) is 0 Å². The maximum atomic E-state index is 9.76. The number of rotatable bonds is 6. The van der Waals surface area contributed by atoms with Crippen molar-refractivity contribution in [2.75, 3.05) is 6.61 Å². The van der Waals surface area contributed by atoms with E-state index in [1.807, 2.05) is 48.9 Å². The van der Waals surface area contributed by atoms with E-state index in [9.17, 15) is 5.11 Å². The molecule has 20 heavy (non-hydrogen) atoms. The Kier molecular flexibility index (Phi) is 4.57. The van der Waals surface area contributed by atoms with Gasteiger partial charge in [-0.1, -0.05) is 30.3 Å². The fourth-order valence-corrected chi connectivity index (χ4v) is 2.36. The predicted octanol–water partition coefficient (Wildman–Crippen LogP) is 2.21. The van der Waals surface area contributed by atoms with Gasteiger partial charge < -0.3 is 10.4 Å². The molecule has 0 fully saturated rings. The van der Waals surface area contributed by atoms with Crippen molar-refractivity contribution in [3.8, 4) is 0 Å². The van der Waals surface area contributed by atoms with Crippen LogP contribution in [0.15, 0.2) is 36.4 Å². The summed E-state index contributed by atoms with van der Waals surface area (Å²) in [6.45, 7) is 7.68.